The lowest BCUT2D eigenvalue weighted by atomic mass is 10.00. The molecule has 2 aromatic heterocycles. The maximum absolute atomic E-state index is 14.2. The third-order valence-corrected chi connectivity index (χ3v) is 5.75. The van der Waals surface area contributed by atoms with E-state index in [9.17, 15) is 4.39 Å². The van der Waals surface area contributed by atoms with Crippen LogP contribution >= 0.6 is 11.6 Å². The van der Waals surface area contributed by atoms with Crippen LogP contribution in [0.4, 0.5) is 10.1 Å². The monoisotopic (exact) mass is 421 g/mol. The van der Waals surface area contributed by atoms with Crippen LogP contribution in [0.1, 0.15) is 12.0 Å². The summed E-state index contributed by atoms with van der Waals surface area (Å²) in [5.74, 6) is 0.433. The molecule has 1 saturated heterocycles. The standard InChI is InChI=1S/C23H21ClFN5/c1-13-6-14(8-16(25)7-13)18-10-27-11-19(22(18)30-5-4-17(26)12-30)23-28-20-3-2-15(24)9-21(20)29-23/h2-3,6-11,17H,4-5,12,26H2,1H3,(H,28,29)/t17-/m0/s1. The summed E-state index contributed by atoms with van der Waals surface area (Å²) < 4.78 is 14.2. The van der Waals surface area contributed by atoms with E-state index >= 15 is 0 Å². The number of imidazole rings is 1. The molecular formula is C23H21ClFN5. The van der Waals surface area contributed by atoms with Gasteiger partial charge in [-0.3, -0.25) is 4.98 Å². The highest BCUT2D eigenvalue weighted by Crippen LogP contribution is 2.40. The first-order valence-corrected chi connectivity index (χ1v) is 10.3. The van der Waals surface area contributed by atoms with Crippen LogP contribution in [0.5, 0.6) is 0 Å². The van der Waals surface area contributed by atoms with Gasteiger partial charge in [-0.25, -0.2) is 9.37 Å². The summed E-state index contributed by atoms with van der Waals surface area (Å²) in [6, 6.07) is 10.7. The zero-order valence-electron chi connectivity index (χ0n) is 16.5. The van der Waals surface area contributed by atoms with Gasteiger partial charge in [0.05, 0.1) is 22.3 Å². The number of nitrogens with zero attached hydrogens (tertiary/aromatic N) is 3. The van der Waals surface area contributed by atoms with Crippen molar-refractivity contribution in [3.05, 3.63) is 65.2 Å². The lowest BCUT2D eigenvalue weighted by Gasteiger charge is -2.24. The molecule has 2 aromatic carbocycles. The van der Waals surface area contributed by atoms with Gasteiger partial charge in [-0.2, -0.15) is 0 Å². The Balaban J connectivity index is 1.74. The predicted molar refractivity (Wildman–Crippen MR) is 119 cm³/mol. The van der Waals surface area contributed by atoms with E-state index in [4.69, 9.17) is 22.3 Å². The summed E-state index contributed by atoms with van der Waals surface area (Å²) in [5.41, 5.74) is 12.2. The van der Waals surface area contributed by atoms with E-state index in [1.807, 2.05) is 31.2 Å². The number of H-pyrrole nitrogens is 1. The van der Waals surface area contributed by atoms with Crippen LogP contribution in [0.2, 0.25) is 5.02 Å². The molecule has 5 nitrogen and oxygen atoms in total. The summed E-state index contributed by atoms with van der Waals surface area (Å²) in [7, 11) is 0. The van der Waals surface area contributed by atoms with Crippen molar-refractivity contribution in [3.8, 4) is 22.5 Å². The summed E-state index contributed by atoms with van der Waals surface area (Å²) in [5, 5.41) is 0.644. The van der Waals surface area contributed by atoms with Crippen LogP contribution in [0.25, 0.3) is 33.5 Å². The van der Waals surface area contributed by atoms with Gasteiger partial charge in [-0.15, -0.1) is 0 Å². The van der Waals surface area contributed by atoms with Crippen molar-refractivity contribution >= 4 is 28.3 Å². The Hall–Kier alpha value is -2.96. The van der Waals surface area contributed by atoms with E-state index in [1.165, 1.54) is 6.07 Å². The smallest absolute Gasteiger partial charge is 0.142 e. The fourth-order valence-corrected chi connectivity index (χ4v) is 4.34. The fourth-order valence-electron chi connectivity index (χ4n) is 4.17. The number of benzene rings is 2. The predicted octanol–water partition coefficient (Wildman–Crippen LogP) is 4.93. The van der Waals surface area contributed by atoms with Crippen LogP contribution in [-0.4, -0.2) is 34.1 Å². The van der Waals surface area contributed by atoms with Crippen LogP contribution < -0.4 is 10.6 Å². The molecule has 1 atom stereocenters. The highest BCUT2D eigenvalue weighted by atomic mass is 35.5. The minimum Gasteiger partial charge on any atom is -0.369 e. The molecule has 7 heteroatoms. The van der Waals surface area contributed by atoms with Crippen LogP contribution in [-0.2, 0) is 0 Å². The minimum atomic E-state index is -0.266. The van der Waals surface area contributed by atoms with Crippen molar-refractivity contribution in [1.82, 2.24) is 15.0 Å². The quantitative estimate of drug-likeness (QED) is 0.492. The normalized spacial score (nSPS) is 16.5. The first-order chi connectivity index (χ1) is 14.5. The van der Waals surface area contributed by atoms with Crippen LogP contribution in [0.3, 0.4) is 0 Å². The Bertz CT molecular complexity index is 1230. The van der Waals surface area contributed by atoms with Crippen molar-refractivity contribution in [1.29, 1.82) is 0 Å². The maximum atomic E-state index is 14.2. The molecule has 30 heavy (non-hydrogen) atoms. The zero-order valence-corrected chi connectivity index (χ0v) is 17.2. The van der Waals surface area contributed by atoms with Gasteiger partial charge in [-0.1, -0.05) is 17.7 Å². The van der Waals surface area contributed by atoms with Crippen LogP contribution in [0, 0.1) is 12.7 Å². The van der Waals surface area contributed by atoms with E-state index in [2.05, 4.69) is 14.9 Å². The number of pyridine rings is 1. The molecule has 0 bridgehead atoms. The first kappa shape index (κ1) is 19.0. The first-order valence-electron chi connectivity index (χ1n) is 9.89. The van der Waals surface area contributed by atoms with Crippen molar-refractivity contribution < 1.29 is 4.39 Å². The Morgan fingerprint density at radius 1 is 1.17 bits per heavy atom. The molecule has 0 spiro atoms. The number of aryl methyl sites for hydroxylation is 1. The molecule has 0 aliphatic carbocycles. The molecule has 1 aliphatic rings. The van der Waals surface area contributed by atoms with Gasteiger partial charge in [0.25, 0.3) is 0 Å². The third kappa shape index (κ3) is 3.42. The third-order valence-electron chi connectivity index (χ3n) is 5.51. The Kier molecular flexibility index (Phi) is 4.68. The molecule has 3 N–H and O–H groups in total. The zero-order chi connectivity index (χ0) is 20.8. The minimum absolute atomic E-state index is 0.0996. The van der Waals surface area contributed by atoms with Gasteiger partial charge >= 0.3 is 0 Å². The number of rotatable bonds is 3. The van der Waals surface area contributed by atoms with Crippen molar-refractivity contribution in [3.63, 3.8) is 0 Å². The Morgan fingerprint density at radius 3 is 2.77 bits per heavy atom. The van der Waals surface area contributed by atoms with Crippen molar-refractivity contribution in [2.45, 2.75) is 19.4 Å². The second kappa shape index (κ2) is 7.38. The van der Waals surface area contributed by atoms with E-state index < -0.39 is 0 Å². The summed E-state index contributed by atoms with van der Waals surface area (Å²) in [6.45, 7) is 3.44. The van der Waals surface area contributed by atoms with Crippen LogP contribution in [0.15, 0.2) is 48.8 Å². The van der Waals surface area contributed by atoms with Gasteiger partial charge in [-0.05, 0) is 54.8 Å². The summed E-state index contributed by atoms with van der Waals surface area (Å²) in [6.07, 6.45) is 4.49. The fraction of sp³-hybridized carbons (Fsp3) is 0.217. The number of halogens is 2. The largest absolute Gasteiger partial charge is 0.369 e. The average Bonchev–Trinajstić information content (AvgIpc) is 3.32. The molecule has 0 unspecified atom stereocenters. The topological polar surface area (TPSA) is 70.8 Å². The number of hydrogen-bond acceptors (Lipinski definition) is 4. The number of fused-ring (bicyclic) bond motifs is 1. The Morgan fingerprint density at radius 2 is 2.00 bits per heavy atom. The lowest BCUT2D eigenvalue weighted by Crippen LogP contribution is -2.27. The van der Waals surface area contributed by atoms with E-state index in [0.717, 1.165) is 58.5 Å². The number of nitrogens with one attached hydrogen (secondary N) is 1. The SMILES string of the molecule is Cc1cc(F)cc(-c2cncc(-c3nc4ccc(Cl)cc4[nH]3)c2N2CC[C@H](N)C2)c1. The number of hydrogen-bond donors (Lipinski definition) is 2. The maximum Gasteiger partial charge on any atom is 0.142 e. The second-order valence-electron chi connectivity index (χ2n) is 7.84. The molecule has 3 heterocycles. The molecule has 5 rings (SSSR count). The van der Waals surface area contributed by atoms with Gasteiger partial charge in [0.2, 0.25) is 0 Å². The molecule has 4 aromatic rings. The van der Waals surface area contributed by atoms with E-state index in [-0.39, 0.29) is 11.9 Å². The summed E-state index contributed by atoms with van der Waals surface area (Å²) in [4.78, 5) is 14.8. The average molecular weight is 422 g/mol. The molecule has 152 valence electrons. The molecule has 1 aliphatic heterocycles. The van der Waals surface area contributed by atoms with Crippen molar-refractivity contribution in [2.24, 2.45) is 5.73 Å². The number of aromatic nitrogens is 3. The molecule has 0 saturated carbocycles. The highest BCUT2D eigenvalue weighted by Gasteiger charge is 2.26. The van der Waals surface area contributed by atoms with Gasteiger partial charge < -0.3 is 15.6 Å². The van der Waals surface area contributed by atoms with Gasteiger partial charge in [0, 0.05) is 42.1 Å². The highest BCUT2D eigenvalue weighted by molar-refractivity contribution is 6.31. The van der Waals surface area contributed by atoms with E-state index in [1.54, 1.807) is 18.5 Å². The lowest BCUT2D eigenvalue weighted by molar-refractivity contribution is 0.627. The molecule has 0 radical (unpaired) electrons. The van der Waals surface area contributed by atoms with E-state index in [0.29, 0.717) is 10.8 Å². The van der Waals surface area contributed by atoms with Gasteiger partial charge in [0.15, 0.2) is 0 Å². The summed E-state index contributed by atoms with van der Waals surface area (Å²) >= 11 is 6.14. The number of nitrogens with two attached hydrogens (primary N) is 1. The number of anilines is 1. The Labute approximate surface area is 178 Å². The van der Waals surface area contributed by atoms with Crippen molar-refractivity contribution in [2.75, 3.05) is 18.0 Å². The molecule has 1 fully saturated rings. The molecule has 0 amide bonds. The number of aromatic amines is 1. The van der Waals surface area contributed by atoms with Gasteiger partial charge in [0.1, 0.15) is 11.6 Å². The second-order valence-corrected chi connectivity index (χ2v) is 8.28. The molecular weight excluding hydrogens is 401 g/mol.